The Bertz CT molecular complexity index is 624. The minimum Gasteiger partial charge on any atom is -0.497 e. The van der Waals surface area contributed by atoms with Gasteiger partial charge in [-0.2, -0.15) is 0 Å². The predicted molar refractivity (Wildman–Crippen MR) is 92.5 cm³/mol. The van der Waals surface area contributed by atoms with Crippen molar-refractivity contribution >= 4 is 24.2 Å². The van der Waals surface area contributed by atoms with Gasteiger partial charge in [0.05, 0.1) is 24.0 Å². The molecule has 0 bridgehead atoms. The van der Waals surface area contributed by atoms with Gasteiger partial charge in [0.25, 0.3) is 0 Å². The summed E-state index contributed by atoms with van der Waals surface area (Å²) in [6, 6.07) is 1.96. The van der Waals surface area contributed by atoms with Crippen molar-refractivity contribution in [2.45, 2.75) is 59.7 Å². The van der Waals surface area contributed by atoms with Gasteiger partial charge in [-0.15, -0.1) is 0 Å². The largest absolute Gasteiger partial charge is 0.498 e. The summed E-state index contributed by atoms with van der Waals surface area (Å²) in [4.78, 5) is 11.4. The van der Waals surface area contributed by atoms with Crippen molar-refractivity contribution in [3.63, 3.8) is 0 Å². The molecule has 126 valence electrons. The van der Waals surface area contributed by atoms with Crippen LogP contribution < -0.4 is 15.5 Å². The molecular weight excluding hydrogens is 293 g/mol. The second-order valence-corrected chi connectivity index (χ2v) is 7.09. The van der Waals surface area contributed by atoms with Gasteiger partial charge < -0.3 is 19.4 Å². The van der Waals surface area contributed by atoms with Crippen LogP contribution in [0.4, 0.5) is 5.69 Å². The summed E-state index contributed by atoms with van der Waals surface area (Å²) in [5.74, 6) is 0.569. The van der Waals surface area contributed by atoms with E-state index in [2.05, 4.69) is 5.32 Å². The average Bonchev–Trinajstić information content (AvgIpc) is 2.62. The molecule has 23 heavy (non-hydrogen) atoms. The Hall–Kier alpha value is -1.53. The Labute approximate surface area is 138 Å². The highest BCUT2D eigenvalue weighted by Crippen LogP contribution is 2.38. The van der Waals surface area contributed by atoms with E-state index < -0.39 is 18.3 Å². The van der Waals surface area contributed by atoms with Crippen molar-refractivity contribution in [1.29, 1.82) is 0 Å². The molecule has 1 aromatic carbocycles. The zero-order chi connectivity index (χ0) is 17.6. The molecule has 0 aliphatic carbocycles. The smallest absolute Gasteiger partial charge is 0.497 e. The van der Waals surface area contributed by atoms with Crippen LogP contribution in [-0.2, 0) is 14.1 Å². The van der Waals surface area contributed by atoms with E-state index >= 15 is 0 Å². The molecule has 1 amide bonds. The van der Waals surface area contributed by atoms with Crippen LogP contribution in [0.2, 0.25) is 0 Å². The Kier molecular flexibility index (Phi) is 4.52. The van der Waals surface area contributed by atoms with Gasteiger partial charge in [-0.25, -0.2) is 0 Å². The van der Waals surface area contributed by atoms with Crippen LogP contribution >= 0.6 is 0 Å². The molecule has 1 N–H and O–H groups in total. The second kappa shape index (κ2) is 5.84. The van der Waals surface area contributed by atoms with Crippen molar-refractivity contribution in [1.82, 2.24) is 0 Å². The summed E-state index contributed by atoms with van der Waals surface area (Å²) in [7, 11) is 1.11. The number of nitrogens with one attached hydrogen (secondary N) is 1. The molecule has 2 rings (SSSR count). The van der Waals surface area contributed by atoms with E-state index in [4.69, 9.17) is 14.0 Å². The Morgan fingerprint density at radius 3 is 2.13 bits per heavy atom. The van der Waals surface area contributed by atoms with Gasteiger partial charge in [0.15, 0.2) is 0 Å². The molecule has 0 unspecified atom stereocenters. The van der Waals surface area contributed by atoms with Crippen molar-refractivity contribution in [3.8, 4) is 5.75 Å². The maximum Gasteiger partial charge on any atom is 0.498 e. The number of aryl methyl sites for hydroxylation is 1. The molecule has 1 aromatic rings. The fraction of sp³-hybridized carbons (Fsp3) is 0.588. The van der Waals surface area contributed by atoms with Gasteiger partial charge >= 0.3 is 7.12 Å². The third-order valence-electron chi connectivity index (χ3n) is 4.76. The maximum atomic E-state index is 11.4. The first-order valence-corrected chi connectivity index (χ1v) is 7.81. The molecular formula is C17H26BNO4. The van der Waals surface area contributed by atoms with Crippen molar-refractivity contribution < 1.29 is 18.8 Å². The summed E-state index contributed by atoms with van der Waals surface area (Å²) in [5, 5.41) is 2.87. The van der Waals surface area contributed by atoms with Gasteiger partial charge in [0.1, 0.15) is 5.75 Å². The molecule has 5 nitrogen and oxygen atoms in total. The molecule has 1 aliphatic rings. The highest BCUT2D eigenvalue weighted by Gasteiger charge is 2.52. The summed E-state index contributed by atoms with van der Waals surface area (Å²) in [6.45, 7) is 13.4. The molecule has 0 atom stereocenters. The molecule has 0 radical (unpaired) electrons. The molecule has 6 heteroatoms. The van der Waals surface area contributed by atoms with Crippen molar-refractivity contribution in [3.05, 3.63) is 17.2 Å². The molecule has 0 saturated carbocycles. The maximum absolute atomic E-state index is 11.4. The summed E-state index contributed by atoms with van der Waals surface area (Å²) < 4.78 is 17.9. The molecule has 1 heterocycles. The lowest BCUT2D eigenvalue weighted by atomic mass is 9.76. The summed E-state index contributed by atoms with van der Waals surface area (Å²) >= 11 is 0. The lowest BCUT2D eigenvalue weighted by molar-refractivity contribution is -0.114. The first-order chi connectivity index (χ1) is 10.5. The van der Waals surface area contributed by atoms with Crippen LogP contribution in [0.15, 0.2) is 6.07 Å². The monoisotopic (exact) mass is 319 g/mol. The van der Waals surface area contributed by atoms with Crippen LogP contribution in [0, 0.1) is 13.8 Å². The number of rotatable bonds is 3. The molecule has 1 saturated heterocycles. The Morgan fingerprint density at radius 1 is 1.17 bits per heavy atom. The van der Waals surface area contributed by atoms with Crippen LogP contribution in [0.1, 0.15) is 45.7 Å². The summed E-state index contributed by atoms with van der Waals surface area (Å²) in [6.07, 6.45) is 0. The van der Waals surface area contributed by atoms with E-state index in [1.54, 1.807) is 7.11 Å². The zero-order valence-electron chi connectivity index (χ0n) is 15.3. The van der Waals surface area contributed by atoms with Gasteiger partial charge in [0.2, 0.25) is 5.91 Å². The number of hydrogen-bond donors (Lipinski definition) is 1. The number of carbonyl (C=O) groups is 1. The van der Waals surface area contributed by atoms with Gasteiger partial charge in [-0.1, -0.05) is 6.07 Å². The third kappa shape index (κ3) is 3.10. The normalized spacial score (nSPS) is 18.9. The quantitative estimate of drug-likeness (QED) is 0.870. The van der Waals surface area contributed by atoms with Crippen molar-refractivity contribution in [2.75, 3.05) is 12.4 Å². The third-order valence-corrected chi connectivity index (χ3v) is 4.76. The first-order valence-electron chi connectivity index (χ1n) is 7.81. The minimum absolute atomic E-state index is 0.110. The first kappa shape index (κ1) is 17.8. The average molecular weight is 319 g/mol. The predicted octanol–water partition coefficient (Wildman–Crippen LogP) is 2.57. The van der Waals surface area contributed by atoms with E-state index in [9.17, 15) is 4.79 Å². The van der Waals surface area contributed by atoms with Crippen LogP contribution in [-0.4, -0.2) is 31.3 Å². The standard InChI is InChI=1S/C17H26BNO4/c1-10-9-13(18-22-16(4,5)17(6,7)23-18)15(21-8)11(2)14(10)19-12(3)20/h9H,1-8H3,(H,19,20). The van der Waals surface area contributed by atoms with Crippen LogP contribution in [0.25, 0.3) is 0 Å². The van der Waals surface area contributed by atoms with Gasteiger partial charge in [0, 0.05) is 17.9 Å². The Morgan fingerprint density at radius 2 is 1.70 bits per heavy atom. The fourth-order valence-electron chi connectivity index (χ4n) is 2.78. The van der Waals surface area contributed by atoms with Crippen LogP contribution in [0.5, 0.6) is 5.75 Å². The lowest BCUT2D eigenvalue weighted by Crippen LogP contribution is -2.41. The molecule has 1 aliphatic heterocycles. The summed E-state index contributed by atoms with van der Waals surface area (Å²) in [5.41, 5.74) is 2.60. The molecule has 1 fully saturated rings. The minimum atomic E-state index is -0.501. The highest BCUT2D eigenvalue weighted by molar-refractivity contribution is 6.63. The second-order valence-electron chi connectivity index (χ2n) is 7.09. The van der Waals surface area contributed by atoms with E-state index in [-0.39, 0.29) is 5.91 Å². The highest BCUT2D eigenvalue weighted by atomic mass is 16.7. The van der Waals surface area contributed by atoms with Gasteiger partial charge in [-0.3, -0.25) is 4.79 Å². The molecule has 0 spiro atoms. The SMILES string of the molecule is COc1c(B2OC(C)(C)C(C)(C)O2)cc(C)c(NC(C)=O)c1C. The molecule has 0 aromatic heterocycles. The van der Waals surface area contributed by atoms with E-state index in [1.807, 2.05) is 47.6 Å². The van der Waals surface area contributed by atoms with E-state index in [0.717, 1.165) is 22.3 Å². The number of benzene rings is 1. The number of carbonyl (C=O) groups excluding carboxylic acids is 1. The number of hydrogen-bond acceptors (Lipinski definition) is 4. The number of ether oxygens (including phenoxy) is 1. The zero-order valence-corrected chi connectivity index (χ0v) is 15.3. The van der Waals surface area contributed by atoms with E-state index in [1.165, 1.54) is 6.92 Å². The number of methoxy groups -OCH3 is 1. The van der Waals surface area contributed by atoms with Crippen molar-refractivity contribution in [2.24, 2.45) is 0 Å². The fourth-order valence-corrected chi connectivity index (χ4v) is 2.78. The lowest BCUT2D eigenvalue weighted by Gasteiger charge is -2.32. The van der Waals surface area contributed by atoms with Gasteiger partial charge in [-0.05, 0) is 47.1 Å². The van der Waals surface area contributed by atoms with E-state index in [0.29, 0.717) is 5.75 Å². The number of amides is 1. The number of anilines is 1. The van der Waals surface area contributed by atoms with Crippen LogP contribution in [0.3, 0.4) is 0 Å². The Balaban J connectivity index is 2.51. The topological polar surface area (TPSA) is 56.8 Å².